The van der Waals surface area contributed by atoms with E-state index < -0.39 is 65.2 Å². The normalized spacial score (nSPS) is 27.7. The topological polar surface area (TPSA) is 183 Å². The molecule has 12 nitrogen and oxygen atoms in total. The predicted molar refractivity (Wildman–Crippen MR) is 170 cm³/mol. The van der Waals surface area contributed by atoms with Crippen LogP contribution in [0.1, 0.15) is 46.8 Å². The van der Waals surface area contributed by atoms with Crippen LogP contribution in [0.5, 0.6) is 0 Å². The third-order valence-electron chi connectivity index (χ3n) is 9.23. The van der Waals surface area contributed by atoms with E-state index in [0.717, 1.165) is 10.7 Å². The van der Waals surface area contributed by atoms with Gasteiger partial charge in [0.05, 0.1) is 36.3 Å². The Bertz CT molecular complexity index is 1380. The molecule has 5 N–H and O–H groups in total. The molecule has 2 aliphatic rings. The minimum Gasteiger partial charge on any atom is -0.457 e. The maximum Gasteiger partial charge on any atom is 0.338 e. The number of cyclic esters (lactones) is 1. The Morgan fingerprint density at radius 2 is 1.87 bits per heavy atom. The number of carbonyl (C=O) groups excluding carboxylic acids is 3. The van der Waals surface area contributed by atoms with E-state index >= 15 is 0 Å². The van der Waals surface area contributed by atoms with Gasteiger partial charge in [-0.1, -0.05) is 68.5 Å². The molecule has 2 saturated heterocycles. The van der Waals surface area contributed by atoms with Crippen molar-refractivity contribution < 1.29 is 44.0 Å². The largest absolute Gasteiger partial charge is 0.457 e. The summed E-state index contributed by atoms with van der Waals surface area (Å²) in [7, 11) is 1.36. The first kappa shape index (κ1) is 36.6. The van der Waals surface area contributed by atoms with Gasteiger partial charge in [0.2, 0.25) is 11.8 Å². The number of ether oxygens (including phenoxy) is 1. The van der Waals surface area contributed by atoms with Gasteiger partial charge in [-0.3, -0.25) is 9.59 Å². The second-order valence-corrected chi connectivity index (χ2v) is 12.6. The van der Waals surface area contributed by atoms with E-state index in [1.807, 2.05) is 18.2 Å². The van der Waals surface area contributed by atoms with E-state index in [-0.39, 0.29) is 18.9 Å². The highest BCUT2D eigenvalue weighted by Crippen LogP contribution is 2.52. The number of esters is 1. The fourth-order valence-corrected chi connectivity index (χ4v) is 6.01. The highest BCUT2D eigenvalue weighted by atomic mass is 16.6. The third kappa shape index (κ3) is 7.10. The first-order chi connectivity index (χ1) is 21.7. The van der Waals surface area contributed by atoms with Gasteiger partial charge >= 0.3 is 5.97 Å². The van der Waals surface area contributed by atoms with Crippen LogP contribution in [0.2, 0.25) is 0 Å². The van der Waals surface area contributed by atoms with Crippen LogP contribution < -0.4 is 5.32 Å². The molecule has 0 saturated carbocycles. The maximum absolute atomic E-state index is 12.8. The van der Waals surface area contributed by atoms with Crippen molar-refractivity contribution in [2.24, 2.45) is 17.3 Å². The number of likely N-dealkylation sites (tertiary alicyclic amines) is 1. The summed E-state index contributed by atoms with van der Waals surface area (Å²) in [5, 5.41) is 45.9. The molecular formula is C34H47N3O9. The molecule has 0 bridgehead atoms. The molecule has 0 spiro atoms. The summed E-state index contributed by atoms with van der Waals surface area (Å²) in [4.78, 5) is 43.1. The van der Waals surface area contributed by atoms with Crippen LogP contribution in [0.15, 0.2) is 77.3 Å². The molecule has 0 radical (unpaired) electrons. The maximum atomic E-state index is 12.8. The van der Waals surface area contributed by atoms with Gasteiger partial charge in [-0.15, -0.1) is 0 Å². The Morgan fingerprint density at radius 3 is 2.52 bits per heavy atom. The molecule has 3 heterocycles. The van der Waals surface area contributed by atoms with Gasteiger partial charge in [0.1, 0.15) is 17.5 Å². The summed E-state index contributed by atoms with van der Waals surface area (Å²) < 4.78 is 10.6. The number of rotatable bonds is 15. The highest BCUT2D eigenvalue weighted by Gasteiger charge is 2.77. The lowest BCUT2D eigenvalue weighted by Gasteiger charge is -2.37. The van der Waals surface area contributed by atoms with Crippen LogP contribution in [0, 0.1) is 17.3 Å². The van der Waals surface area contributed by atoms with Crippen LogP contribution >= 0.6 is 0 Å². The first-order valence-electron chi connectivity index (χ1n) is 15.3. The number of hydrogen-bond donors (Lipinski definition) is 5. The van der Waals surface area contributed by atoms with Gasteiger partial charge in [-0.05, 0) is 38.7 Å². The number of carbonyl (C=O) groups is 3. The highest BCUT2D eigenvalue weighted by molar-refractivity contribution is 5.98. The van der Waals surface area contributed by atoms with E-state index in [9.17, 15) is 34.8 Å². The smallest absolute Gasteiger partial charge is 0.338 e. The minimum atomic E-state index is -1.94. The number of aliphatic hydroxyl groups is 4. The van der Waals surface area contributed by atoms with Crippen LogP contribution in [0.4, 0.5) is 0 Å². The minimum absolute atomic E-state index is 0.0577. The van der Waals surface area contributed by atoms with Crippen molar-refractivity contribution in [2.45, 2.75) is 76.9 Å². The molecule has 0 unspecified atom stereocenters. The molecule has 1 aromatic rings. The number of aromatic nitrogens is 1. The lowest BCUT2D eigenvalue weighted by Crippen LogP contribution is -2.64. The number of nitrogens with zero attached hydrogens (tertiary/aromatic N) is 2. The average Bonchev–Trinajstić information content (AvgIpc) is 3.66. The summed E-state index contributed by atoms with van der Waals surface area (Å²) in [5.74, 6) is -2.37. The Hall–Kier alpha value is -3.84. The summed E-state index contributed by atoms with van der Waals surface area (Å²) in [6.45, 7) is 7.71. The van der Waals surface area contributed by atoms with E-state index in [4.69, 9.17) is 9.15 Å². The van der Waals surface area contributed by atoms with Crippen molar-refractivity contribution in [3.05, 3.63) is 78.6 Å². The van der Waals surface area contributed by atoms with Crippen molar-refractivity contribution >= 4 is 17.8 Å². The Balaban J connectivity index is 1.47. The number of likely N-dealkylation sites (N-methyl/N-ethyl adjacent to an activating group) is 1. The SMILES string of the molecule is C/C(=C/C=C\C=C\Cc1cnco1)[C@@H](O)C(C)(C)C(=O)NC/C=C/C=C/[C@H](O)[C@H](C)C[C@@H]1OC(=O)[C@@]2(CO)N(C)C(=O)[C@H](C)[C@@]12O. The second kappa shape index (κ2) is 15.2. The van der Waals surface area contributed by atoms with Crippen LogP contribution in [0.25, 0.3) is 0 Å². The standard InChI is InChI=1S/C34H47N3O9/c1-22(14-10-7-8-11-15-25-19-35-21-45-25)28(40)32(4,5)30(42)36-17-13-9-12-16-26(39)23(2)18-27-34(44)24(3)29(41)37(6)33(34,20-38)31(43)46-27/h7-14,16,19,21,23-24,26-28,38-40,44H,15,17-18,20H2,1-6H3,(H,36,42)/b10-7-,11-8+,13-9+,16-12+,22-14-/t23-,24+,26+,27+,28-,33-,34-/m1/s1. The monoisotopic (exact) mass is 641 g/mol. The lowest BCUT2D eigenvalue weighted by atomic mass is 9.72. The van der Waals surface area contributed by atoms with E-state index in [1.165, 1.54) is 26.4 Å². The van der Waals surface area contributed by atoms with Crippen LogP contribution in [0.3, 0.4) is 0 Å². The molecule has 252 valence electrons. The zero-order chi connectivity index (χ0) is 34.3. The van der Waals surface area contributed by atoms with Crippen molar-refractivity contribution in [1.29, 1.82) is 0 Å². The van der Waals surface area contributed by atoms with Crippen molar-refractivity contribution in [1.82, 2.24) is 15.2 Å². The Labute approximate surface area is 269 Å². The van der Waals surface area contributed by atoms with Crippen molar-refractivity contribution in [3.63, 3.8) is 0 Å². The molecule has 3 rings (SSSR count). The zero-order valence-corrected chi connectivity index (χ0v) is 27.3. The zero-order valence-electron chi connectivity index (χ0n) is 27.3. The van der Waals surface area contributed by atoms with Crippen molar-refractivity contribution in [2.75, 3.05) is 20.2 Å². The van der Waals surface area contributed by atoms with E-state index in [2.05, 4.69) is 10.3 Å². The number of amides is 2. The summed E-state index contributed by atoms with van der Waals surface area (Å²) in [6, 6.07) is 0. The van der Waals surface area contributed by atoms with E-state index in [0.29, 0.717) is 12.0 Å². The quantitative estimate of drug-likeness (QED) is 0.140. The molecule has 7 atom stereocenters. The molecule has 2 aliphatic heterocycles. The summed E-state index contributed by atoms with van der Waals surface area (Å²) >= 11 is 0. The van der Waals surface area contributed by atoms with Crippen molar-refractivity contribution in [3.8, 4) is 0 Å². The number of fused-ring (bicyclic) bond motifs is 1. The second-order valence-electron chi connectivity index (χ2n) is 12.6. The number of nitrogens with one attached hydrogen (secondary N) is 1. The molecule has 0 aromatic carbocycles. The molecule has 1 aromatic heterocycles. The van der Waals surface area contributed by atoms with E-state index in [1.54, 1.807) is 64.3 Å². The number of oxazole rings is 1. The molecule has 12 heteroatoms. The van der Waals surface area contributed by atoms with Gasteiger partial charge in [0.25, 0.3) is 0 Å². The summed E-state index contributed by atoms with van der Waals surface area (Å²) in [6.07, 6.45) is 16.2. The fourth-order valence-electron chi connectivity index (χ4n) is 6.01. The Kier molecular flexibility index (Phi) is 12.1. The third-order valence-corrected chi connectivity index (χ3v) is 9.23. The van der Waals surface area contributed by atoms with Gasteiger partial charge in [0.15, 0.2) is 11.9 Å². The number of hydrogen-bond acceptors (Lipinski definition) is 10. The summed E-state index contributed by atoms with van der Waals surface area (Å²) in [5.41, 5.74) is -4.29. The number of allylic oxidation sites excluding steroid dienone is 7. The molecule has 2 fully saturated rings. The van der Waals surface area contributed by atoms with Crippen LogP contribution in [-0.2, 0) is 25.5 Å². The molecule has 46 heavy (non-hydrogen) atoms. The Morgan fingerprint density at radius 1 is 1.17 bits per heavy atom. The molecule has 0 aliphatic carbocycles. The molecular weight excluding hydrogens is 594 g/mol. The van der Waals surface area contributed by atoms with Gasteiger partial charge < -0.3 is 39.8 Å². The van der Waals surface area contributed by atoms with Gasteiger partial charge in [-0.25, -0.2) is 9.78 Å². The van der Waals surface area contributed by atoms with Gasteiger partial charge in [-0.2, -0.15) is 0 Å². The first-order valence-corrected chi connectivity index (χ1v) is 15.3. The van der Waals surface area contributed by atoms with Crippen LogP contribution in [-0.4, -0.2) is 97.7 Å². The fraction of sp³-hybridized carbons (Fsp3) is 0.529. The average molecular weight is 642 g/mol. The molecule has 2 amide bonds. The lowest BCUT2D eigenvalue weighted by molar-refractivity contribution is -0.156. The van der Waals surface area contributed by atoms with Gasteiger partial charge in [0, 0.05) is 20.0 Å². The number of aliphatic hydroxyl groups excluding tert-OH is 3. The predicted octanol–water partition coefficient (Wildman–Crippen LogP) is 1.77.